The maximum atomic E-state index is 6.55. The second kappa shape index (κ2) is 18.3. The summed E-state index contributed by atoms with van der Waals surface area (Å²) in [5.74, 6) is 3.53. The van der Waals surface area contributed by atoms with Crippen molar-refractivity contribution in [1.29, 1.82) is 0 Å². The average Bonchev–Trinajstić information content (AvgIpc) is 3.78. The molecule has 5 nitrogen and oxygen atoms in total. The molecule has 4 rings (SSSR count). The van der Waals surface area contributed by atoms with Gasteiger partial charge in [-0.2, -0.15) is 11.8 Å². The highest BCUT2D eigenvalue weighted by Crippen LogP contribution is 2.39. The molecule has 0 spiro atoms. The molecule has 2 heterocycles. The highest BCUT2D eigenvalue weighted by Gasteiger charge is 2.25. The standard InChI is InChI=1S/C20H34N2.C17H21NO2S/c1-6-9-14-18(17-12-10-11-13-17)19(16(5)22-8-3)20(21)15(4)7-2;1-12-8-9-15(19-12)10-21-11-16-13(2)18-20-17(16)14-6-4-3-5-7-14/h8,14,17H,6-7,9-13,21H2,1-5H3;3-7,12,15H,8-11H2,1-2H3/b18-14-,19-16-,20-15-,22-8?;. The minimum absolute atomic E-state index is 0.408. The third-order valence-corrected chi connectivity index (χ3v) is 9.67. The quantitative estimate of drug-likeness (QED) is 0.192. The van der Waals surface area contributed by atoms with Crippen LogP contribution in [0.25, 0.3) is 11.3 Å². The van der Waals surface area contributed by atoms with Gasteiger partial charge in [-0.05, 0) is 90.2 Å². The van der Waals surface area contributed by atoms with Crippen molar-refractivity contribution in [1.82, 2.24) is 5.16 Å². The molecule has 0 radical (unpaired) electrons. The number of ether oxygens (including phenoxy) is 1. The number of hydrogen-bond donors (Lipinski definition) is 1. The van der Waals surface area contributed by atoms with Crippen LogP contribution >= 0.6 is 11.8 Å². The van der Waals surface area contributed by atoms with Crippen LogP contribution in [0.5, 0.6) is 0 Å². The van der Waals surface area contributed by atoms with Crippen molar-refractivity contribution in [3.63, 3.8) is 0 Å². The smallest absolute Gasteiger partial charge is 0.171 e. The van der Waals surface area contributed by atoms with Gasteiger partial charge in [0.25, 0.3) is 0 Å². The van der Waals surface area contributed by atoms with E-state index >= 15 is 0 Å². The van der Waals surface area contributed by atoms with Gasteiger partial charge in [-0.25, -0.2) is 0 Å². The Balaban J connectivity index is 0.000000235. The van der Waals surface area contributed by atoms with Crippen molar-refractivity contribution in [2.75, 3.05) is 5.75 Å². The van der Waals surface area contributed by atoms with E-state index in [0.717, 1.165) is 52.8 Å². The number of allylic oxidation sites excluding steroid dienone is 4. The van der Waals surface area contributed by atoms with Crippen LogP contribution in [0.4, 0.5) is 0 Å². The largest absolute Gasteiger partial charge is 0.398 e. The molecule has 1 aromatic carbocycles. The molecule has 1 saturated heterocycles. The van der Waals surface area contributed by atoms with E-state index in [-0.39, 0.29) is 0 Å². The summed E-state index contributed by atoms with van der Waals surface area (Å²) in [7, 11) is 0. The number of unbranched alkanes of at least 4 members (excludes halogenated alkanes) is 1. The lowest BCUT2D eigenvalue weighted by molar-refractivity contribution is 0.0700. The van der Waals surface area contributed by atoms with Crippen LogP contribution in [-0.4, -0.2) is 29.3 Å². The SMILES string of the molecule is CC=N/C(C)=C(C(=C\CCC)/C1CCCC1)\C(N)=C(/C)CC.Cc1noc(-c2ccccc2)c1CSCC1CCC(C)O1. The highest BCUT2D eigenvalue weighted by atomic mass is 32.2. The lowest BCUT2D eigenvalue weighted by atomic mass is 9.86. The van der Waals surface area contributed by atoms with E-state index in [1.54, 1.807) is 0 Å². The molecule has 43 heavy (non-hydrogen) atoms. The number of hydrogen-bond acceptors (Lipinski definition) is 6. The number of nitrogens with two attached hydrogens (primary N) is 1. The van der Waals surface area contributed by atoms with Gasteiger partial charge in [0, 0.05) is 45.8 Å². The summed E-state index contributed by atoms with van der Waals surface area (Å²) in [5.41, 5.74) is 15.8. The molecule has 236 valence electrons. The number of nitrogens with zero attached hydrogens (tertiary/aromatic N) is 2. The lowest BCUT2D eigenvalue weighted by Gasteiger charge is -2.22. The molecule has 2 aromatic rings. The zero-order chi connectivity index (χ0) is 31.2. The minimum Gasteiger partial charge on any atom is -0.398 e. The molecule has 2 fully saturated rings. The van der Waals surface area contributed by atoms with E-state index in [1.807, 2.05) is 50.0 Å². The van der Waals surface area contributed by atoms with E-state index in [9.17, 15) is 0 Å². The Hall–Kier alpha value is -2.57. The van der Waals surface area contributed by atoms with Crippen molar-refractivity contribution < 1.29 is 9.26 Å². The molecular formula is C37H55N3O2S. The van der Waals surface area contributed by atoms with Crippen molar-refractivity contribution in [2.24, 2.45) is 16.6 Å². The first-order valence-electron chi connectivity index (χ1n) is 16.4. The number of thioether (sulfide) groups is 1. The van der Waals surface area contributed by atoms with Crippen LogP contribution in [-0.2, 0) is 10.5 Å². The minimum atomic E-state index is 0.408. The fraction of sp³-hybridized carbons (Fsp3) is 0.568. The monoisotopic (exact) mass is 605 g/mol. The van der Waals surface area contributed by atoms with Gasteiger partial charge >= 0.3 is 0 Å². The zero-order valence-electron chi connectivity index (χ0n) is 27.7. The Bertz CT molecular complexity index is 1250. The van der Waals surface area contributed by atoms with Gasteiger partial charge in [-0.1, -0.05) is 74.7 Å². The Morgan fingerprint density at radius 1 is 1.09 bits per heavy atom. The predicted molar refractivity (Wildman–Crippen MR) is 185 cm³/mol. The molecule has 0 amide bonds. The maximum Gasteiger partial charge on any atom is 0.171 e. The first kappa shape index (κ1) is 34.9. The van der Waals surface area contributed by atoms with Gasteiger partial charge in [0.05, 0.1) is 17.9 Å². The van der Waals surface area contributed by atoms with E-state index in [1.165, 1.54) is 67.2 Å². The average molecular weight is 606 g/mol. The summed E-state index contributed by atoms with van der Waals surface area (Å²) in [5, 5.41) is 4.14. The van der Waals surface area contributed by atoms with Crippen molar-refractivity contribution >= 4 is 18.0 Å². The van der Waals surface area contributed by atoms with Gasteiger partial charge in [0.1, 0.15) is 0 Å². The molecule has 1 aliphatic carbocycles. The second-order valence-electron chi connectivity index (χ2n) is 11.9. The van der Waals surface area contributed by atoms with Gasteiger partial charge in [-0.15, -0.1) is 0 Å². The summed E-state index contributed by atoms with van der Waals surface area (Å²) in [6, 6.07) is 10.2. The molecule has 1 aromatic heterocycles. The van der Waals surface area contributed by atoms with E-state index in [0.29, 0.717) is 18.1 Å². The van der Waals surface area contributed by atoms with Crippen LogP contribution in [0.1, 0.15) is 111 Å². The van der Waals surface area contributed by atoms with Crippen LogP contribution in [0, 0.1) is 12.8 Å². The van der Waals surface area contributed by atoms with Gasteiger partial charge < -0.3 is 15.0 Å². The summed E-state index contributed by atoms with van der Waals surface area (Å²) < 4.78 is 11.4. The van der Waals surface area contributed by atoms with E-state index in [4.69, 9.17) is 15.0 Å². The molecule has 1 saturated carbocycles. The third-order valence-electron chi connectivity index (χ3n) is 8.57. The van der Waals surface area contributed by atoms with Gasteiger partial charge in [0.2, 0.25) is 0 Å². The Labute approximate surface area is 265 Å². The molecule has 2 N–H and O–H groups in total. The first-order valence-corrected chi connectivity index (χ1v) is 17.5. The summed E-state index contributed by atoms with van der Waals surface area (Å²) >= 11 is 1.91. The van der Waals surface area contributed by atoms with Crippen LogP contribution in [0.15, 0.2) is 74.0 Å². The number of benzene rings is 1. The molecular weight excluding hydrogens is 550 g/mol. The number of rotatable bonds is 12. The van der Waals surface area contributed by atoms with Crippen molar-refractivity contribution in [3.8, 4) is 11.3 Å². The molecule has 1 aliphatic heterocycles. The first-order chi connectivity index (χ1) is 20.8. The fourth-order valence-electron chi connectivity index (χ4n) is 5.91. The summed E-state index contributed by atoms with van der Waals surface area (Å²) in [6.07, 6.45) is 16.1. The zero-order valence-corrected chi connectivity index (χ0v) is 28.6. The van der Waals surface area contributed by atoms with E-state index < -0.39 is 0 Å². The predicted octanol–water partition coefficient (Wildman–Crippen LogP) is 10.4. The highest BCUT2D eigenvalue weighted by molar-refractivity contribution is 7.98. The Morgan fingerprint density at radius 2 is 1.81 bits per heavy atom. The normalized spacial score (nSPS) is 20.7. The number of aliphatic imine (C=N–C) groups is 1. The summed E-state index contributed by atoms with van der Waals surface area (Å²) in [6.45, 7) is 14.8. The molecule has 0 bridgehead atoms. The van der Waals surface area contributed by atoms with Crippen LogP contribution < -0.4 is 5.73 Å². The van der Waals surface area contributed by atoms with Gasteiger partial charge in [0.15, 0.2) is 5.76 Å². The van der Waals surface area contributed by atoms with Crippen LogP contribution in [0.3, 0.4) is 0 Å². The number of aryl methyl sites for hydroxylation is 1. The van der Waals surface area contributed by atoms with Gasteiger partial charge in [-0.3, -0.25) is 4.99 Å². The van der Waals surface area contributed by atoms with Crippen molar-refractivity contribution in [3.05, 3.63) is 75.8 Å². The Kier molecular flexibility index (Phi) is 14.8. The maximum absolute atomic E-state index is 6.55. The fourth-order valence-corrected chi connectivity index (χ4v) is 7.08. The molecule has 6 heteroatoms. The molecule has 2 atom stereocenters. The topological polar surface area (TPSA) is 73.6 Å². The lowest BCUT2D eigenvalue weighted by Crippen LogP contribution is -2.13. The summed E-state index contributed by atoms with van der Waals surface area (Å²) in [4.78, 5) is 4.56. The number of aromatic nitrogens is 1. The van der Waals surface area contributed by atoms with E-state index in [2.05, 4.69) is 63.0 Å². The third kappa shape index (κ3) is 10.2. The van der Waals surface area contributed by atoms with Crippen LogP contribution in [0.2, 0.25) is 0 Å². The Morgan fingerprint density at radius 3 is 2.42 bits per heavy atom. The molecule has 2 unspecified atom stereocenters. The second-order valence-corrected chi connectivity index (χ2v) is 13.0. The molecule has 2 aliphatic rings. The van der Waals surface area contributed by atoms with Crippen molar-refractivity contribution in [2.45, 2.75) is 124 Å².